The summed E-state index contributed by atoms with van der Waals surface area (Å²) in [7, 11) is -5.58. The highest BCUT2D eigenvalue weighted by Gasteiger charge is 2.52. The van der Waals surface area contributed by atoms with Crippen molar-refractivity contribution in [2.24, 2.45) is 0 Å². The first-order chi connectivity index (χ1) is 6.66. The Hall–Kier alpha value is -0.800. The Morgan fingerprint density at radius 3 is 2.47 bits per heavy atom. The standard InChI is InChI=1S/C6H9F2NO5S/c1-3(6(7,8)15(11,12)13)14-5(10)4-2-9-4/h3-4,9H,2H2,1H3,(H,11,12,13). The van der Waals surface area contributed by atoms with E-state index in [2.05, 4.69) is 10.1 Å². The fourth-order valence-corrected chi connectivity index (χ4v) is 1.23. The van der Waals surface area contributed by atoms with Crippen LogP contribution in [0.2, 0.25) is 0 Å². The summed E-state index contributed by atoms with van der Waals surface area (Å²) in [6.45, 7) is 0.997. The van der Waals surface area contributed by atoms with Crippen molar-refractivity contribution in [3.8, 4) is 0 Å². The predicted molar refractivity (Wildman–Crippen MR) is 43.8 cm³/mol. The van der Waals surface area contributed by atoms with Crippen LogP contribution in [0.5, 0.6) is 0 Å². The van der Waals surface area contributed by atoms with E-state index in [1.165, 1.54) is 0 Å². The highest BCUT2D eigenvalue weighted by Crippen LogP contribution is 2.27. The van der Waals surface area contributed by atoms with E-state index in [-0.39, 0.29) is 0 Å². The molecule has 0 aliphatic carbocycles. The van der Waals surface area contributed by atoms with Crippen LogP contribution in [-0.4, -0.2) is 42.9 Å². The van der Waals surface area contributed by atoms with Gasteiger partial charge in [0.05, 0.1) is 0 Å². The van der Waals surface area contributed by atoms with Gasteiger partial charge in [0, 0.05) is 6.54 Å². The maximum absolute atomic E-state index is 12.8. The van der Waals surface area contributed by atoms with E-state index in [9.17, 15) is 22.0 Å². The monoisotopic (exact) mass is 245 g/mol. The largest absolute Gasteiger partial charge is 0.454 e. The molecule has 0 saturated carbocycles. The Bertz CT molecular complexity index is 364. The van der Waals surface area contributed by atoms with Crippen molar-refractivity contribution in [2.75, 3.05) is 6.54 Å². The first kappa shape index (κ1) is 12.3. The fourth-order valence-electron chi connectivity index (χ4n) is 0.760. The lowest BCUT2D eigenvalue weighted by Crippen LogP contribution is -2.42. The molecule has 0 aromatic carbocycles. The molecule has 6 nitrogen and oxygen atoms in total. The highest BCUT2D eigenvalue weighted by molar-refractivity contribution is 7.86. The van der Waals surface area contributed by atoms with Crippen LogP contribution < -0.4 is 5.32 Å². The minimum atomic E-state index is -5.58. The van der Waals surface area contributed by atoms with Crippen molar-refractivity contribution in [1.29, 1.82) is 0 Å². The Morgan fingerprint density at radius 1 is 1.67 bits per heavy atom. The molecule has 0 aromatic rings. The molecule has 15 heavy (non-hydrogen) atoms. The van der Waals surface area contributed by atoms with Gasteiger partial charge in [-0.1, -0.05) is 0 Å². The molecule has 9 heteroatoms. The second-order valence-corrected chi connectivity index (χ2v) is 4.57. The van der Waals surface area contributed by atoms with Gasteiger partial charge in [0.2, 0.25) is 0 Å². The summed E-state index contributed by atoms with van der Waals surface area (Å²) < 4.78 is 58.6. The number of hydrogen-bond donors (Lipinski definition) is 2. The molecule has 1 saturated heterocycles. The molecule has 88 valence electrons. The smallest absolute Gasteiger partial charge is 0.405 e. The third kappa shape index (κ3) is 2.61. The quantitative estimate of drug-likeness (QED) is 0.388. The summed E-state index contributed by atoms with van der Waals surface area (Å²) in [4.78, 5) is 10.9. The number of ether oxygens (including phenoxy) is 1. The van der Waals surface area contributed by atoms with Gasteiger partial charge >= 0.3 is 21.3 Å². The predicted octanol–water partition coefficient (Wildman–Crippen LogP) is -0.629. The Kier molecular flexibility index (Phi) is 2.99. The summed E-state index contributed by atoms with van der Waals surface area (Å²) in [5.41, 5.74) is 0. The zero-order chi connectivity index (χ0) is 11.9. The lowest BCUT2D eigenvalue weighted by Gasteiger charge is -2.20. The zero-order valence-electron chi connectivity index (χ0n) is 7.61. The van der Waals surface area contributed by atoms with E-state index in [1.54, 1.807) is 0 Å². The molecule has 1 aliphatic heterocycles. The molecule has 1 fully saturated rings. The number of halogens is 2. The van der Waals surface area contributed by atoms with Gasteiger partial charge in [-0.05, 0) is 6.92 Å². The van der Waals surface area contributed by atoms with E-state index in [0.29, 0.717) is 13.5 Å². The number of carbonyl (C=O) groups is 1. The normalized spacial score (nSPS) is 23.3. The summed E-state index contributed by atoms with van der Waals surface area (Å²) in [5, 5.41) is -2.00. The number of carbonyl (C=O) groups excluding carboxylic acids is 1. The molecule has 0 spiro atoms. The zero-order valence-corrected chi connectivity index (χ0v) is 8.42. The number of alkyl halides is 2. The van der Waals surface area contributed by atoms with E-state index in [0.717, 1.165) is 0 Å². The fraction of sp³-hybridized carbons (Fsp3) is 0.833. The van der Waals surface area contributed by atoms with Crippen molar-refractivity contribution >= 4 is 16.1 Å². The van der Waals surface area contributed by atoms with Gasteiger partial charge in [0.15, 0.2) is 6.10 Å². The average molecular weight is 245 g/mol. The van der Waals surface area contributed by atoms with Gasteiger partial charge in [-0.2, -0.15) is 17.2 Å². The van der Waals surface area contributed by atoms with Crippen LogP contribution in [0.1, 0.15) is 6.92 Å². The molecule has 2 atom stereocenters. The first-order valence-electron chi connectivity index (χ1n) is 3.95. The molecule has 0 bridgehead atoms. The summed E-state index contributed by atoms with van der Waals surface area (Å²) in [5.74, 6) is -0.967. The number of hydrogen-bond acceptors (Lipinski definition) is 5. The molecule has 1 rings (SSSR count). The van der Waals surface area contributed by atoms with E-state index >= 15 is 0 Å². The number of rotatable bonds is 4. The van der Waals surface area contributed by atoms with Crippen molar-refractivity contribution < 1.29 is 31.3 Å². The topological polar surface area (TPSA) is 103 Å². The van der Waals surface area contributed by atoms with Gasteiger partial charge in [0.25, 0.3) is 0 Å². The molecule has 1 aliphatic rings. The molecular weight excluding hydrogens is 236 g/mol. The highest BCUT2D eigenvalue weighted by atomic mass is 32.2. The van der Waals surface area contributed by atoms with E-state index in [4.69, 9.17) is 4.55 Å². The summed E-state index contributed by atoms with van der Waals surface area (Å²) >= 11 is 0. The van der Waals surface area contributed by atoms with Crippen LogP contribution in [0.4, 0.5) is 8.78 Å². The SMILES string of the molecule is CC(OC(=O)C1CN1)C(F)(F)S(=O)(=O)O. The second kappa shape index (κ2) is 3.65. The first-order valence-corrected chi connectivity index (χ1v) is 5.39. The van der Waals surface area contributed by atoms with Gasteiger partial charge < -0.3 is 10.1 Å². The third-order valence-corrected chi connectivity index (χ3v) is 2.82. The van der Waals surface area contributed by atoms with Crippen LogP contribution in [0.25, 0.3) is 0 Å². The van der Waals surface area contributed by atoms with Crippen molar-refractivity contribution in [2.45, 2.75) is 24.3 Å². The van der Waals surface area contributed by atoms with Crippen LogP contribution in [-0.2, 0) is 19.6 Å². The molecule has 0 radical (unpaired) electrons. The second-order valence-electron chi connectivity index (χ2n) is 3.08. The summed E-state index contributed by atoms with van der Waals surface area (Å²) in [6.07, 6.45) is -2.23. The van der Waals surface area contributed by atoms with E-state index < -0.39 is 33.5 Å². The van der Waals surface area contributed by atoms with Crippen LogP contribution in [0.15, 0.2) is 0 Å². The lowest BCUT2D eigenvalue weighted by atomic mass is 10.4. The molecule has 2 N–H and O–H groups in total. The molecule has 0 amide bonds. The van der Waals surface area contributed by atoms with Crippen molar-refractivity contribution in [3.63, 3.8) is 0 Å². The van der Waals surface area contributed by atoms with Crippen molar-refractivity contribution in [1.82, 2.24) is 5.32 Å². The minimum absolute atomic E-state index is 0.309. The number of nitrogens with one attached hydrogen (secondary N) is 1. The molecule has 1 heterocycles. The Morgan fingerprint density at radius 2 is 2.13 bits per heavy atom. The van der Waals surface area contributed by atoms with Crippen LogP contribution >= 0.6 is 0 Å². The molecular formula is C6H9F2NO5S. The average Bonchev–Trinajstić information content (AvgIpc) is 2.83. The third-order valence-electron chi connectivity index (χ3n) is 1.80. The maximum Gasteiger partial charge on any atom is 0.405 e. The Labute approximate surface area is 84.3 Å². The van der Waals surface area contributed by atoms with Crippen molar-refractivity contribution in [3.05, 3.63) is 0 Å². The lowest BCUT2D eigenvalue weighted by molar-refractivity contribution is -0.158. The van der Waals surface area contributed by atoms with Gasteiger partial charge in [-0.25, -0.2) is 0 Å². The van der Waals surface area contributed by atoms with E-state index in [1.807, 2.05) is 0 Å². The van der Waals surface area contributed by atoms with Gasteiger partial charge in [-0.3, -0.25) is 9.35 Å². The van der Waals surface area contributed by atoms with Crippen LogP contribution in [0, 0.1) is 0 Å². The Balaban J connectivity index is 2.66. The molecule has 2 unspecified atom stereocenters. The summed E-state index contributed by atoms with van der Waals surface area (Å²) in [6, 6.07) is -0.662. The number of esters is 1. The minimum Gasteiger partial charge on any atom is -0.454 e. The molecule has 0 aromatic heterocycles. The maximum atomic E-state index is 12.8. The van der Waals surface area contributed by atoms with Gasteiger partial charge in [0.1, 0.15) is 6.04 Å². The van der Waals surface area contributed by atoms with Crippen LogP contribution in [0.3, 0.4) is 0 Å². The van der Waals surface area contributed by atoms with Gasteiger partial charge in [-0.15, -0.1) is 0 Å².